The fourth-order valence-electron chi connectivity index (χ4n) is 4.84. The highest BCUT2D eigenvalue weighted by molar-refractivity contribution is 5.94. The van der Waals surface area contributed by atoms with Crippen LogP contribution >= 0.6 is 0 Å². The lowest BCUT2D eigenvalue weighted by Crippen LogP contribution is -2.26. The Morgan fingerprint density at radius 3 is 2.09 bits per heavy atom. The summed E-state index contributed by atoms with van der Waals surface area (Å²) in [4.78, 5) is 12.5. The van der Waals surface area contributed by atoms with Gasteiger partial charge in [-0.25, -0.2) is 0 Å². The van der Waals surface area contributed by atoms with Gasteiger partial charge in [0.05, 0.1) is 0 Å². The van der Waals surface area contributed by atoms with Gasteiger partial charge < -0.3 is 11.1 Å². The number of hydrogen-bond acceptors (Lipinski definition) is 2. The van der Waals surface area contributed by atoms with Gasteiger partial charge in [-0.15, -0.1) is 0 Å². The summed E-state index contributed by atoms with van der Waals surface area (Å²) in [6.45, 7) is 3.02. The first-order valence-corrected chi connectivity index (χ1v) is 13.8. The first-order valence-electron chi connectivity index (χ1n) is 13.8. The number of fused-ring (bicyclic) bond motifs is 1. The number of amides is 1. The standard InChI is InChI=1S/C32H44N2O/c1-2-3-4-5-6-7-8-9-10-13-23-34-32(35)28-21-19-26(20-22-28)24-30(33)25-29-17-14-16-27-15-11-12-18-31(27)29/h11-12,14-22,30H,2-10,13,23-25,33H2,1H3,(H,34,35). The van der Waals surface area contributed by atoms with Crippen molar-refractivity contribution >= 4 is 16.7 Å². The number of hydrogen-bond donors (Lipinski definition) is 2. The highest BCUT2D eigenvalue weighted by Gasteiger charge is 2.10. The molecular weight excluding hydrogens is 428 g/mol. The molecule has 0 saturated carbocycles. The Balaban J connectivity index is 1.33. The molecule has 3 N–H and O–H groups in total. The second-order valence-corrected chi connectivity index (χ2v) is 9.94. The summed E-state index contributed by atoms with van der Waals surface area (Å²) in [7, 11) is 0. The van der Waals surface area contributed by atoms with Crippen LogP contribution in [0.3, 0.4) is 0 Å². The van der Waals surface area contributed by atoms with Crippen LogP contribution in [0.2, 0.25) is 0 Å². The molecule has 0 aliphatic carbocycles. The van der Waals surface area contributed by atoms with E-state index in [0.717, 1.165) is 31.4 Å². The summed E-state index contributed by atoms with van der Waals surface area (Å²) in [5.74, 6) is 0.0209. The molecule has 0 aliphatic heterocycles. The zero-order chi connectivity index (χ0) is 24.7. The van der Waals surface area contributed by atoms with E-state index in [4.69, 9.17) is 5.73 Å². The van der Waals surface area contributed by atoms with Crippen LogP contribution in [0.4, 0.5) is 0 Å². The Bertz CT molecular complexity index is 1010. The van der Waals surface area contributed by atoms with Gasteiger partial charge in [-0.3, -0.25) is 4.79 Å². The van der Waals surface area contributed by atoms with Crippen LogP contribution in [0.15, 0.2) is 66.7 Å². The molecule has 35 heavy (non-hydrogen) atoms. The van der Waals surface area contributed by atoms with E-state index in [2.05, 4.69) is 54.7 Å². The maximum absolute atomic E-state index is 12.5. The predicted molar refractivity (Wildman–Crippen MR) is 150 cm³/mol. The summed E-state index contributed by atoms with van der Waals surface area (Å²) in [6.07, 6.45) is 14.7. The van der Waals surface area contributed by atoms with Crippen LogP contribution in [-0.2, 0) is 12.8 Å². The summed E-state index contributed by atoms with van der Waals surface area (Å²) >= 11 is 0. The minimum atomic E-state index is 0.0209. The van der Waals surface area contributed by atoms with E-state index in [0.29, 0.717) is 0 Å². The number of unbranched alkanes of at least 4 members (excludes halogenated alkanes) is 9. The Kier molecular flexibility index (Phi) is 11.8. The van der Waals surface area contributed by atoms with Gasteiger partial charge in [0.25, 0.3) is 5.91 Å². The first-order chi connectivity index (χ1) is 17.2. The number of benzene rings is 3. The second-order valence-electron chi connectivity index (χ2n) is 9.94. The van der Waals surface area contributed by atoms with E-state index in [-0.39, 0.29) is 11.9 Å². The van der Waals surface area contributed by atoms with Crippen LogP contribution < -0.4 is 11.1 Å². The molecule has 0 aliphatic rings. The summed E-state index contributed by atoms with van der Waals surface area (Å²) in [5.41, 5.74) is 9.69. The van der Waals surface area contributed by atoms with Crippen molar-refractivity contribution in [3.8, 4) is 0 Å². The number of nitrogens with two attached hydrogens (primary N) is 1. The Hall–Kier alpha value is -2.65. The summed E-state index contributed by atoms with van der Waals surface area (Å²) in [6, 6.07) is 22.8. The average Bonchev–Trinajstić information content (AvgIpc) is 2.88. The van der Waals surface area contributed by atoms with E-state index < -0.39 is 0 Å². The van der Waals surface area contributed by atoms with Gasteiger partial charge in [0.15, 0.2) is 0 Å². The van der Waals surface area contributed by atoms with Gasteiger partial charge in [0.1, 0.15) is 0 Å². The maximum Gasteiger partial charge on any atom is 0.251 e. The molecule has 1 amide bonds. The number of carbonyl (C=O) groups is 1. The van der Waals surface area contributed by atoms with E-state index in [1.54, 1.807) is 0 Å². The number of rotatable bonds is 16. The molecule has 0 saturated heterocycles. The Morgan fingerprint density at radius 1 is 0.743 bits per heavy atom. The fourth-order valence-corrected chi connectivity index (χ4v) is 4.84. The minimum absolute atomic E-state index is 0.0209. The molecule has 0 heterocycles. The first kappa shape index (κ1) is 26.9. The number of carbonyl (C=O) groups excluding carboxylic acids is 1. The van der Waals surface area contributed by atoms with Crippen molar-refractivity contribution in [1.82, 2.24) is 5.32 Å². The highest BCUT2D eigenvalue weighted by atomic mass is 16.1. The second kappa shape index (κ2) is 15.4. The third-order valence-electron chi connectivity index (χ3n) is 6.89. The highest BCUT2D eigenvalue weighted by Crippen LogP contribution is 2.20. The zero-order valence-electron chi connectivity index (χ0n) is 21.6. The molecule has 3 heteroatoms. The van der Waals surface area contributed by atoms with Crippen LogP contribution in [0.25, 0.3) is 10.8 Å². The fraction of sp³-hybridized carbons (Fsp3) is 0.469. The van der Waals surface area contributed by atoms with Crippen molar-refractivity contribution in [2.24, 2.45) is 5.73 Å². The molecule has 0 bridgehead atoms. The van der Waals surface area contributed by atoms with Crippen molar-refractivity contribution in [3.63, 3.8) is 0 Å². The molecule has 188 valence electrons. The van der Waals surface area contributed by atoms with Crippen LogP contribution in [0.1, 0.15) is 92.6 Å². The molecule has 1 atom stereocenters. The molecule has 3 rings (SSSR count). The van der Waals surface area contributed by atoms with E-state index >= 15 is 0 Å². The third kappa shape index (κ3) is 9.49. The molecule has 1 unspecified atom stereocenters. The molecule has 0 spiro atoms. The van der Waals surface area contributed by atoms with Crippen LogP contribution in [-0.4, -0.2) is 18.5 Å². The monoisotopic (exact) mass is 472 g/mol. The average molecular weight is 473 g/mol. The number of nitrogens with one attached hydrogen (secondary N) is 1. The van der Waals surface area contributed by atoms with Crippen molar-refractivity contribution < 1.29 is 4.79 Å². The lowest BCUT2D eigenvalue weighted by Gasteiger charge is -2.14. The SMILES string of the molecule is CCCCCCCCCCCCNC(=O)c1ccc(CC(N)Cc2cccc3ccccc23)cc1. The molecular formula is C32H44N2O. The molecule has 0 aromatic heterocycles. The topological polar surface area (TPSA) is 55.1 Å². The Morgan fingerprint density at radius 2 is 1.37 bits per heavy atom. The van der Waals surface area contributed by atoms with Crippen molar-refractivity contribution in [1.29, 1.82) is 0 Å². The van der Waals surface area contributed by atoms with Gasteiger partial charge in [-0.05, 0) is 53.3 Å². The Labute approximate surface area is 212 Å². The molecule has 0 fully saturated rings. The normalized spacial score (nSPS) is 12.1. The van der Waals surface area contributed by atoms with Crippen molar-refractivity contribution in [2.75, 3.05) is 6.54 Å². The zero-order valence-corrected chi connectivity index (χ0v) is 21.6. The molecule has 3 nitrogen and oxygen atoms in total. The van der Waals surface area contributed by atoms with Crippen LogP contribution in [0, 0.1) is 0 Å². The summed E-state index contributed by atoms with van der Waals surface area (Å²) in [5, 5.41) is 5.60. The summed E-state index contributed by atoms with van der Waals surface area (Å²) < 4.78 is 0. The van der Waals surface area contributed by atoms with Crippen LogP contribution in [0.5, 0.6) is 0 Å². The molecule has 0 radical (unpaired) electrons. The van der Waals surface area contributed by atoms with Crippen molar-refractivity contribution in [3.05, 3.63) is 83.4 Å². The van der Waals surface area contributed by atoms with Gasteiger partial charge in [-0.1, -0.05) is 119 Å². The van der Waals surface area contributed by atoms with Gasteiger partial charge in [0.2, 0.25) is 0 Å². The largest absolute Gasteiger partial charge is 0.352 e. The van der Waals surface area contributed by atoms with E-state index in [1.807, 2.05) is 24.3 Å². The maximum atomic E-state index is 12.5. The molecule has 3 aromatic rings. The lowest BCUT2D eigenvalue weighted by molar-refractivity contribution is 0.0953. The molecule has 3 aromatic carbocycles. The van der Waals surface area contributed by atoms with Crippen molar-refractivity contribution in [2.45, 2.75) is 90.0 Å². The predicted octanol–water partition coefficient (Wildman–Crippen LogP) is 7.60. The quantitative estimate of drug-likeness (QED) is 0.211. The van der Waals surface area contributed by atoms with E-state index in [1.165, 1.54) is 79.7 Å². The van der Waals surface area contributed by atoms with E-state index in [9.17, 15) is 4.79 Å². The van der Waals surface area contributed by atoms with Gasteiger partial charge >= 0.3 is 0 Å². The van der Waals surface area contributed by atoms with Gasteiger partial charge in [-0.2, -0.15) is 0 Å². The minimum Gasteiger partial charge on any atom is -0.352 e. The van der Waals surface area contributed by atoms with Gasteiger partial charge in [0, 0.05) is 18.2 Å². The lowest BCUT2D eigenvalue weighted by atomic mass is 9.95. The smallest absolute Gasteiger partial charge is 0.251 e. The third-order valence-corrected chi connectivity index (χ3v) is 6.89.